The quantitative estimate of drug-likeness (QED) is 0.812. The van der Waals surface area contributed by atoms with Crippen molar-refractivity contribution in [3.63, 3.8) is 0 Å². The average Bonchev–Trinajstić information content (AvgIpc) is 2.84. The third kappa shape index (κ3) is 3.95. The molecule has 1 aromatic carbocycles. The molecule has 2 N–H and O–H groups in total. The van der Waals surface area contributed by atoms with Gasteiger partial charge in [-0.05, 0) is 37.3 Å². The van der Waals surface area contributed by atoms with Crippen molar-refractivity contribution in [2.75, 3.05) is 13.2 Å². The number of para-hydroxylation sites is 1. The molecule has 21 heavy (non-hydrogen) atoms. The minimum absolute atomic E-state index is 0.148. The van der Waals surface area contributed by atoms with E-state index in [4.69, 9.17) is 4.74 Å². The Morgan fingerprint density at radius 3 is 2.86 bits per heavy atom. The summed E-state index contributed by atoms with van der Waals surface area (Å²) in [6, 6.07) is 6.82. The number of halogens is 1. The molecule has 0 radical (unpaired) electrons. The second-order valence-corrected chi connectivity index (χ2v) is 6.27. The van der Waals surface area contributed by atoms with Gasteiger partial charge < -0.3 is 15.2 Å². The van der Waals surface area contributed by atoms with E-state index < -0.39 is 0 Å². The van der Waals surface area contributed by atoms with Gasteiger partial charge >= 0.3 is 0 Å². The third-order valence-corrected chi connectivity index (χ3v) is 4.38. The van der Waals surface area contributed by atoms with E-state index in [1.807, 2.05) is 0 Å². The van der Waals surface area contributed by atoms with E-state index >= 15 is 0 Å². The summed E-state index contributed by atoms with van der Waals surface area (Å²) in [5.74, 6) is 0.358. The van der Waals surface area contributed by atoms with Crippen molar-refractivity contribution < 1.29 is 14.2 Å². The number of hydrogen-bond acceptors (Lipinski definition) is 3. The van der Waals surface area contributed by atoms with E-state index in [9.17, 15) is 9.50 Å². The van der Waals surface area contributed by atoms with Gasteiger partial charge in [0.2, 0.25) is 0 Å². The molecule has 0 aromatic heterocycles. The topological polar surface area (TPSA) is 41.5 Å². The van der Waals surface area contributed by atoms with Gasteiger partial charge in [0.1, 0.15) is 0 Å². The monoisotopic (exact) mass is 295 g/mol. The maximum absolute atomic E-state index is 13.5. The molecule has 0 spiro atoms. The minimum Gasteiger partial charge on any atom is -0.491 e. The number of rotatable bonds is 7. The van der Waals surface area contributed by atoms with Crippen molar-refractivity contribution in [2.24, 2.45) is 5.92 Å². The highest BCUT2D eigenvalue weighted by Gasteiger charge is 2.42. The van der Waals surface area contributed by atoms with Crippen LogP contribution in [0.4, 0.5) is 4.39 Å². The summed E-state index contributed by atoms with van der Waals surface area (Å²) in [6.45, 7) is 4.83. The predicted molar refractivity (Wildman–Crippen MR) is 81.9 cm³/mol. The Balaban J connectivity index is 1.91. The second-order valence-electron chi connectivity index (χ2n) is 6.27. The highest BCUT2D eigenvalue weighted by atomic mass is 19.1. The molecule has 0 amide bonds. The van der Waals surface area contributed by atoms with Crippen LogP contribution in [0.1, 0.15) is 39.5 Å². The fourth-order valence-electron chi connectivity index (χ4n) is 3.46. The Hall–Kier alpha value is -1.13. The summed E-state index contributed by atoms with van der Waals surface area (Å²) in [4.78, 5) is 0. The van der Waals surface area contributed by atoms with Gasteiger partial charge in [-0.3, -0.25) is 0 Å². The predicted octanol–water partition coefficient (Wildman–Crippen LogP) is 3.12. The van der Waals surface area contributed by atoms with Crippen molar-refractivity contribution in [3.05, 3.63) is 30.1 Å². The average molecular weight is 295 g/mol. The molecule has 0 aliphatic heterocycles. The zero-order valence-electron chi connectivity index (χ0n) is 12.9. The van der Waals surface area contributed by atoms with Gasteiger partial charge in [0.25, 0.3) is 0 Å². The van der Waals surface area contributed by atoms with Crippen molar-refractivity contribution in [1.82, 2.24) is 5.32 Å². The summed E-state index contributed by atoms with van der Waals surface area (Å²) < 4.78 is 19.1. The first kappa shape index (κ1) is 16.2. The van der Waals surface area contributed by atoms with Gasteiger partial charge in [0.15, 0.2) is 11.6 Å². The number of hydrogen-bond donors (Lipinski definition) is 2. The summed E-state index contributed by atoms with van der Waals surface area (Å²) in [5.41, 5.74) is -0.202. The van der Waals surface area contributed by atoms with Crippen LogP contribution in [-0.4, -0.2) is 29.9 Å². The van der Waals surface area contributed by atoms with Crippen LogP contribution < -0.4 is 10.1 Å². The molecule has 2 unspecified atom stereocenters. The Labute approximate surface area is 126 Å². The second kappa shape index (κ2) is 7.23. The summed E-state index contributed by atoms with van der Waals surface area (Å²) in [6.07, 6.45) is 4.02. The molecule has 2 rings (SSSR count). The highest BCUT2D eigenvalue weighted by molar-refractivity contribution is 5.23. The Morgan fingerprint density at radius 1 is 1.43 bits per heavy atom. The van der Waals surface area contributed by atoms with Gasteiger partial charge in [-0.1, -0.05) is 32.4 Å². The lowest BCUT2D eigenvalue weighted by Gasteiger charge is -2.37. The first-order valence-corrected chi connectivity index (χ1v) is 7.83. The molecular formula is C17H26FNO2. The Morgan fingerprint density at radius 2 is 2.19 bits per heavy atom. The van der Waals surface area contributed by atoms with Crippen molar-refractivity contribution in [2.45, 2.75) is 51.1 Å². The lowest BCUT2D eigenvalue weighted by Crippen LogP contribution is -2.54. The Kier molecular flexibility index (Phi) is 5.59. The van der Waals surface area contributed by atoms with Gasteiger partial charge in [0.05, 0.1) is 13.2 Å². The van der Waals surface area contributed by atoms with Gasteiger partial charge in [-0.15, -0.1) is 0 Å². The first-order valence-electron chi connectivity index (χ1n) is 7.83. The van der Waals surface area contributed by atoms with E-state index in [1.165, 1.54) is 6.07 Å². The zero-order valence-corrected chi connectivity index (χ0v) is 12.9. The smallest absolute Gasteiger partial charge is 0.165 e. The lowest BCUT2D eigenvalue weighted by atomic mass is 9.85. The van der Waals surface area contributed by atoms with Gasteiger partial charge in [0, 0.05) is 11.6 Å². The van der Waals surface area contributed by atoms with Gasteiger partial charge in [-0.2, -0.15) is 0 Å². The standard InChI is InChI=1S/C17H26FNO2/c1-13(2)19-17(12-20)10-5-6-14(17)9-11-21-16-8-4-3-7-15(16)18/h3-4,7-8,13-14,19-20H,5-6,9-12H2,1-2H3. The van der Waals surface area contributed by atoms with E-state index in [-0.39, 0.29) is 18.0 Å². The number of ether oxygens (including phenoxy) is 1. The van der Waals surface area contributed by atoms with E-state index in [0.29, 0.717) is 24.3 Å². The molecule has 1 aliphatic carbocycles. The van der Waals surface area contributed by atoms with E-state index in [2.05, 4.69) is 19.2 Å². The number of aliphatic hydroxyl groups is 1. The van der Waals surface area contributed by atoms with Crippen LogP contribution in [0.2, 0.25) is 0 Å². The molecule has 1 fully saturated rings. The maximum Gasteiger partial charge on any atom is 0.165 e. The lowest BCUT2D eigenvalue weighted by molar-refractivity contribution is 0.101. The molecular weight excluding hydrogens is 269 g/mol. The first-order chi connectivity index (χ1) is 10.1. The number of benzene rings is 1. The molecule has 118 valence electrons. The molecule has 0 saturated heterocycles. The minimum atomic E-state index is -0.322. The summed E-state index contributed by atoms with van der Waals surface area (Å²) in [7, 11) is 0. The van der Waals surface area contributed by atoms with Crippen LogP contribution in [0.25, 0.3) is 0 Å². The van der Waals surface area contributed by atoms with Crippen LogP contribution in [0.5, 0.6) is 5.75 Å². The normalized spacial score (nSPS) is 25.5. The molecule has 3 nitrogen and oxygen atoms in total. The Bertz CT molecular complexity index is 452. The van der Waals surface area contributed by atoms with Crippen LogP contribution in [0, 0.1) is 11.7 Å². The van der Waals surface area contributed by atoms with Crippen LogP contribution in [0.3, 0.4) is 0 Å². The van der Waals surface area contributed by atoms with E-state index in [0.717, 1.165) is 25.7 Å². The number of nitrogens with one attached hydrogen (secondary N) is 1. The molecule has 0 heterocycles. The molecule has 4 heteroatoms. The van der Waals surface area contributed by atoms with Crippen LogP contribution in [0.15, 0.2) is 24.3 Å². The zero-order chi connectivity index (χ0) is 15.3. The third-order valence-electron chi connectivity index (χ3n) is 4.38. The molecule has 1 aliphatic rings. The van der Waals surface area contributed by atoms with E-state index in [1.54, 1.807) is 18.2 Å². The SMILES string of the molecule is CC(C)NC1(CO)CCCC1CCOc1ccccc1F. The van der Waals surface area contributed by atoms with Crippen molar-refractivity contribution in [1.29, 1.82) is 0 Å². The molecule has 0 bridgehead atoms. The van der Waals surface area contributed by atoms with Crippen LogP contribution >= 0.6 is 0 Å². The fraction of sp³-hybridized carbons (Fsp3) is 0.647. The molecule has 1 aromatic rings. The summed E-state index contributed by atoms with van der Waals surface area (Å²) in [5, 5.41) is 13.4. The highest BCUT2D eigenvalue weighted by Crippen LogP contribution is 2.38. The largest absolute Gasteiger partial charge is 0.491 e. The van der Waals surface area contributed by atoms with Crippen molar-refractivity contribution >= 4 is 0 Å². The fourth-order valence-corrected chi connectivity index (χ4v) is 3.46. The van der Waals surface area contributed by atoms with Gasteiger partial charge in [-0.25, -0.2) is 4.39 Å². The summed E-state index contributed by atoms with van der Waals surface area (Å²) >= 11 is 0. The van der Waals surface area contributed by atoms with Crippen molar-refractivity contribution in [3.8, 4) is 5.75 Å². The maximum atomic E-state index is 13.5. The van der Waals surface area contributed by atoms with Crippen LogP contribution in [-0.2, 0) is 0 Å². The molecule has 2 atom stereocenters. The molecule has 1 saturated carbocycles. The number of aliphatic hydroxyl groups excluding tert-OH is 1.